The van der Waals surface area contributed by atoms with Gasteiger partial charge in [0.25, 0.3) is 0 Å². The highest BCUT2D eigenvalue weighted by atomic mass is 14.4. The number of benzene rings is 1. The van der Waals surface area contributed by atoms with Crippen molar-refractivity contribution >= 4 is 0 Å². The zero-order chi connectivity index (χ0) is 11.0. The third-order valence-corrected chi connectivity index (χ3v) is 4.20. The van der Waals surface area contributed by atoms with Crippen LogP contribution in [0.1, 0.15) is 48.3 Å². The molecule has 2 atom stereocenters. The first-order valence-electron chi connectivity index (χ1n) is 6.36. The maximum absolute atomic E-state index is 8.84. The van der Waals surface area contributed by atoms with Crippen molar-refractivity contribution < 1.29 is 0 Å². The first-order valence-corrected chi connectivity index (χ1v) is 6.36. The van der Waals surface area contributed by atoms with E-state index in [1.165, 1.54) is 31.2 Å². The summed E-state index contributed by atoms with van der Waals surface area (Å²) in [5.74, 6) is 1.36. The fraction of sp³-hybridized carbons (Fsp3) is 0.533. The van der Waals surface area contributed by atoms with Crippen molar-refractivity contribution in [2.24, 2.45) is 5.92 Å². The molecule has 0 aliphatic heterocycles. The summed E-state index contributed by atoms with van der Waals surface area (Å²) in [7, 11) is 0. The van der Waals surface area contributed by atoms with Crippen LogP contribution in [0.3, 0.4) is 0 Å². The zero-order valence-electron chi connectivity index (χ0n) is 9.58. The Morgan fingerprint density at radius 1 is 1.31 bits per heavy atom. The second kappa shape index (κ2) is 3.94. The topological polar surface area (TPSA) is 23.8 Å². The Kier molecular flexibility index (Phi) is 2.44. The van der Waals surface area contributed by atoms with Gasteiger partial charge in [-0.1, -0.05) is 18.2 Å². The van der Waals surface area contributed by atoms with E-state index in [9.17, 15) is 0 Å². The number of hydrogen-bond donors (Lipinski definition) is 0. The lowest BCUT2D eigenvalue weighted by Gasteiger charge is -2.35. The molecular weight excluding hydrogens is 194 g/mol. The molecule has 0 amide bonds. The minimum Gasteiger partial charge on any atom is -0.198 e. The average Bonchev–Trinajstić information content (AvgIpc) is 2.30. The summed E-state index contributed by atoms with van der Waals surface area (Å²) in [5.41, 5.74) is 4.78. The molecule has 1 aromatic rings. The maximum atomic E-state index is 8.84. The van der Waals surface area contributed by atoms with Crippen LogP contribution in [-0.4, -0.2) is 0 Å². The summed E-state index contributed by atoms with van der Waals surface area (Å²) in [6.45, 7) is 0. The summed E-state index contributed by atoms with van der Waals surface area (Å²) in [6, 6.07) is 9.12. The van der Waals surface area contributed by atoms with Crippen molar-refractivity contribution in [1.82, 2.24) is 0 Å². The zero-order valence-corrected chi connectivity index (χ0v) is 9.58. The summed E-state index contributed by atoms with van der Waals surface area (Å²) in [5, 5.41) is 8.84. The van der Waals surface area contributed by atoms with Gasteiger partial charge in [0.15, 0.2) is 0 Å². The minimum absolute atomic E-state index is 0.607. The van der Waals surface area contributed by atoms with E-state index in [2.05, 4.69) is 24.3 Å². The van der Waals surface area contributed by atoms with Crippen LogP contribution < -0.4 is 0 Å². The highest BCUT2D eigenvalue weighted by Crippen LogP contribution is 2.43. The van der Waals surface area contributed by atoms with Crippen molar-refractivity contribution in [3.05, 3.63) is 34.9 Å². The number of rotatable bonds is 1. The van der Waals surface area contributed by atoms with E-state index in [-0.39, 0.29) is 0 Å². The van der Waals surface area contributed by atoms with Crippen molar-refractivity contribution in [2.75, 3.05) is 0 Å². The number of aryl methyl sites for hydroxylation is 1. The molecule has 0 saturated heterocycles. The van der Waals surface area contributed by atoms with Crippen molar-refractivity contribution in [2.45, 2.75) is 44.4 Å². The van der Waals surface area contributed by atoms with Gasteiger partial charge in [-0.2, -0.15) is 5.26 Å². The summed E-state index contributed by atoms with van der Waals surface area (Å²) < 4.78 is 0. The molecule has 0 aromatic heterocycles. The lowest BCUT2D eigenvalue weighted by molar-refractivity contribution is 0.375. The minimum atomic E-state index is 0.607. The Bertz CT molecular complexity index is 441. The molecule has 0 spiro atoms. The van der Waals surface area contributed by atoms with Gasteiger partial charge in [-0.05, 0) is 60.6 Å². The second-order valence-corrected chi connectivity index (χ2v) is 5.25. The highest BCUT2D eigenvalue weighted by Gasteiger charge is 2.30. The molecule has 16 heavy (non-hydrogen) atoms. The monoisotopic (exact) mass is 211 g/mol. The summed E-state index contributed by atoms with van der Waals surface area (Å²) in [6.07, 6.45) is 7.06. The van der Waals surface area contributed by atoms with E-state index in [0.717, 1.165) is 18.8 Å². The van der Waals surface area contributed by atoms with Crippen LogP contribution >= 0.6 is 0 Å². The normalized spacial score (nSPS) is 26.9. The molecule has 0 radical (unpaired) electrons. The highest BCUT2D eigenvalue weighted by molar-refractivity contribution is 5.41. The van der Waals surface area contributed by atoms with Crippen LogP contribution in [0.2, 0.25) is 0 Å². The third kappa shape index (κ3) is 1.53. The Labute approximate surface area is 97.1 Å². The van der Waals surface area contributed by atoms with Crippen LogP contribution in [0.5, 0.6) is 0 Å². The average molecular weight is 211 g/mol. The second-order valence-electron chi connectivity index (χ2n) is 5.25. The van der Waals surface area contributed by atoms with E-state index >= 15 is 0 Å². The van der Waals surface area contributed by atoms with Crippen LogP contribution in [0.4, 0.5) is 0 Å². The van der Waals surface area contributed by atoms with E-state index in [1.54, 1.807) is 11.1 Å². The van der Waals surface area contributed by atoms with Gasteiger partial charge >= 0.3 is 0 Å². The Morgan fingerprint density at radius 2 is 2.19 bits per heavy atom. The Hall–Kier alpha value is -1.29. The molecular formula is C15H17N. The summed E-state index contributed by atoms with van der Waals surface area (Å²) >= 11 is 0. The molecule has 3 rings (SSSR count). The molecule has 0 fully saturated rings. The van der Waals surface area contributed by atoms with E-state index in [4.69, 9.17) is 5.26 Å². The van der Waals surface area contributed by atoms with Gasteiger partial charge in [-0.25, -0.2) is 0 Å². The van der Waals surface area contributed by atoms with Crippen molar-refractivity contribution in [3.63, 3.8) is 0 Å². The molecule has 82 valence electrons. The fourth-order valence-corrected chi connectivity index (χ4v) is 3.59. The summed E-state index contributed by atoms with van der Waals surface area (Å²) in [4.78, 5) is 0. The molecule has 0 heterocycles. The maximum Gasteiger partial charge on any atom is 0.0624 e. The predicted molar refractivity (Wildman–Crippen MR) is 64.2 cm³/mol. The standard InChI is InChI=1S/C15H17N/c16-8-7-11-9-13-5-1-3-12-4-2-6-14(10-11)15(12)13/h1,3,5,11,14H,2,4,6-7,9-10H2/t11-,14+/m0/s1. The van der Waals surface area contributed by atoms with Gasteiger partial charge in [0.2, 0.25) is 0 Å². The van der Waals surface area contributed by atoms with Crippen LogP contribution in [0.15, 0.2) is 18.2 Å². The number of hydrogen-bond acceptors (Lipinski definition) is 1. The Balaban J connectivity index is 2.00. The van der Waals surface area contributed by atoms with Gasteiger partial charge < -0.3 is 0 Å². The van der Waals surface area contributed by atoms with Crippen LogP contribution in [0.25, 0.3) is 0 Å². The lowest BCUT2D eigenvalue weighted by atomic mass is 9.69. The quantitative estimate of drug-likeness (QED) is 0.696. The van der Waals surface area contributed by atoms with Gasteiger partial charge in [0.05, 0.1) is 6.07 Å². The molecule has 0 bridgehead atoms. The van der Waals surface area contributed by atoms with Gasteiger partial charge in [-0.15, -0.1) is 0 Å². The van der Waals surface area contributed by atoms with Gasteiger partial charge in [0.1, 0.15) is 0 Å². The first kappa shape index (κ1) is 9.90. The largest absolute Gasteiger partial charge is 0.198 e. The molecule has 0 unspecified atom stereocenters. The molecule has 1 aromatic carbocycles. The fourth-order valence-electron chi connectivity index (χ4n) is 3.59. The van der Waals surface area contributed by atoms with E-state index in [1.807, 2.05) is 0 Å². The predicted octanol–water partition coefficient (Wildman–Crippen LogP) is 3.58. The first-order chi connectivity index (χ1) is 7.88. The number of nitrogens with zero attached hydrogens (tertiary/aromatic N) is 1. The van der Waals surface area contributed by atoms with E-state index in [0.29, 0.717) is 5.92 Å². The Morgan fingerprint density at radius 3 is 3.06 bits per heavy atom. The van der Waals surface area contributed by atoms with Crippen molar-refractivity contribution in [3.8, 4) is 6.07 Å². The third-order valence-electron chi connectivity index (χ3n) is 4.20. The van der Waals surface area contributed by atoms with Crippen LogP contribution in [0, 0.1) is 17.2 Å². The van der Waals surface area contributed by atoms with Gasteiger partial charge in [0, 0.05) is 6.42 Å². The SMILES string of the molecule is N#CC[C@H]1Cc2cccc3c2[C@H](CCC3)C1. The number of nitriles is 1. The molecule has 1 heteroatoms. The molecule has 2 aliphatic carbocycles. The van der Waals surface area contributed by atoms with Crippen molar-refractivity contribution in [1.29, 1.82) is 5.26 Å². The molecule has 0 N–H and O–H groups in total. The van der Waals surface area contributed by atoms with Crippen LogP contribution in [-0.2, 0) is 12.8 Å². The van der Waals surface area contributed by atoms with Gasteiger partial charge in [-0.3, -0.25) is 0 Å². The molecule has 1 nitrogen and oxygen atoms in total. The lowest BCUT2D eigenvalue weighted by Crippen LogP contribution is -2.22. The molecule has 0 saturated carbocycles. The molecule has 2 aliphatic rings. The smallest absolute Gasteiger partial charge is 0.0624 e. The van der Waals surface area contributed by atoms with E-state index < -0.39 is 0 Å².